The van der Waals surface area contributed by atoms with Crippen molar-refractivity contribution < 1.29 is 13.2 Å². The third-order valence-corrected chi connectivity index (χ3v) is 5.01. The Morgan fingerprint density at radius 1 is 1.44 bits per heavy atom. The summed E-state index contributed by atoms with van der Waals surface area (Å²) in [5.41, 5.74) is 8.36. The summed E-state index contributed by atoms with van der Waals surface area (Å²) >= 11 is 0. The largest absolute Gasteiger partial charge is 0.493 e. The molecule has 1 atom stereocenters. The van der Waals surface area contributed by atoms with Gasteiger partial charge in [-0.25, -0.2) is 8.42 Å². The maximum atomic E-state index is 11.3. The van der Waals surface area contributed by atoms with Crippen LogP contribution in [0.25, 0.3) is 0 Å². The smallest absolute Gasteiger partial charge is 0.153 e. The van der Waals surface area contributed by atoms with Crippen molar-refractivity contribution in [1.82, 2.24) is 0 Å². The van der Waals surface area contributed by atoms with Crippen LogP contribution in [-0.2, 0) is 16.3 Å². The summed E-state index contributed by atoms with van der Waals surface area (Å²) < 4.78 is 28.1. The molecule has 0 spiro atoms. The second kappa shape index (κ2) is 5.28. The average Bonchev–Trinajstić information content (AvgIpc) is 2.71. The summed E-state index contributed by atoms with van der Waals surface area (Å²) in [6.45, 7) is 1.85. The van der Waals surface area contributed by atoms with Crippen LogP contribution in [0.3, 0.4) is 0 Å². The van der Waals surface area contributed by atoms with E-state index in [0.29, 0.717) is 0 Å². The van der Waals surface area contributed by atoms with Crippen molar-refractivity contribution in [3.05, 3.63) is 29.3 Å². The first-order chi connectivity index (χ1) is 8.52. The highest BCUT2D eigenvalue weighted by atomic mass is 32.2. The van der Waals surface area contributed by atoms with Gasteiger partial charge in [-0.2, -0.15) is 0 Å². The van der Waals surface area contributed by atoms with Crippen molar-refractivity contribution in [2.75, 3.05) is 18.1 Å². The molecule has 2 rings (SSSR count). The summed E-state index contributed by atoms with van der Waals surface area (Å²) in [5, 5.41) is 0. The molecule has 0 bridgehead atoms. The summed E-state index contributed by atoms with van der Waals surface area (Å²) in [6, 6.07) is 5.95. The zero-order valence-corrected chi connectivity index (χ0v) is 11.4. The number of benzene rings is 1. The molecule has 0 radical (unpaired) electrons. The lowest BCUT2D eigenvalue weighted by Gasteiger charge is -2.09. The standard InChI is InChI=1S/C13H19NO3S/c1-2-18(15,16)8-7-17-11-4-5-12-10(9-11)3-6-13(12)14/h4-5,9,13H,2-3,6-8,14H2,1H3/t13-/m1/s1. The summed E-state index contributed by atoms with van der Waals surface area (Å²) in [4.78, 5) is 0. The minimum atomic E-state index is -2.95. The van der Waals surface area contributed by atoms with E-state index in [1.807, 2.05) is 18.2 Å². The maximum absolute atomic E-state index is 11.3. The van der Waals surface area contributed by atoms with Crippen molar-refractivity contribution in [2.45, 2.75) is 25.8 Å². The molecule has 1 aliphatic carbocycles. The highest BCUT2D eigenvalue weighted by Crippen LogP contribution is 2.31. The number of sulfone groups is 1. The average molecular weight is 269 g/mol. The zero-order chi connectivity index (χ0) is 13.2. The molecule has 2 N–H and O–H groups in total. The molecular formula is C13H19NO3S. The van der Waals surface area contributed by atoms with E-state index in [1.165, 1.54) is 11.1 Å². The molecule has 0 heterocycles. The first-order valence-electron chi connectivity index (χ1n) is 6.23. The molecule has 0 saturated carbocycles. The lowest BCUT2D eigenvalue weighted by atomic mass is 10.1. The van der Waals surface area contributed by atoms with Crippen LogP contribution in [0.1, 0.15) is 30.5 Å². The topological polar surface area (TPSA) is 69.4 Å². The normalized spacial score (nSPS) is 18.7. The van der Waals surface area contributed by atoms with Crippen molar-refractivity contribution in [2.24, 2.45) is 5.73 Å². The quantitative estimate of drug-likeness (QED) is 0.878. The van der Waals surface area contributed by atoms with Gasteiger partial charge in [-0.15, -0.1) is 0 Å². The van der Waals surface area contributed by atoms with Gasteiger partial charge in [0.2, 0.25) is 0 Å². The van der Waals surface area contributed by atoms with Crippen molar-refractivity contribution in [3.8, 4) is 5.75 Å². The summed E-state index contributed by atoms with van der Waals surface area (Å²) in [6.07, 6.45) is 1.95. The minimum Gasteiger partial charge on any atom is -0.493 e. The van der Waals surface area contributed by atoms with Crippen LogP contribution in [0.4, 0.5) is 0 Å². The van der Waals surface area contributed by atoms with Crippen molar-refractivity contribution in [1.29, 1.82) is 0 Å². The molecule has 0 fully saturated rings. The molecule has 4 nitrogen and oxygen atoms in total. The molecule has 0 aromatic heterocycles. The van der Waals surface area contributed by atoms with Crippen molar-refractivity contribution >= 4 is 9.84 Å². The Hall–Kier alpha value is -1.07. The highest BCUT2D eigenvalue weighted by molar-refractivity contribution is 7.91. The second-order valence-corrected chi connectivity index (χ2v) is 7.06. The number of aryl methyl sites for hydroxylation is 1. The lowest BCUT2D eigenvalue weighted by molar-refractivity contribution is 0.340. The van der Waals surface area contributed by atoms with E-state index in [1.54, 1.807) is 6.92 Å². The zero-order valence-electron chi connectivity index (χ0n) is 10.6. The monoisotopic (exact) mass is 269 g/mol. The molecule has 18 heavy (non-hydrogen) atoms. The minimum absolute atomic E-state index is 0.0695. The molecule has 0 unspecified atom stereocenters. The Morgan fingerprint density at radius 3 is 2.94 bits per heavy atom. The van der Waals surface area contributed by atoms with Crippen LogP contribution < -0.4 is 10.5 Å². The van der Waals surface area contributed by atoms with Crippen LogP contribution in [0.2, 0.25) is 0 Å². The Morgan fingerprint density at radius 2 is 2.22 bits per heavy atom. The van der Waals surface area contributed by atoms with Crippen LogP contribution in [0.5, 0.6) is 5.75 Å². The predicted molar refractivity (Wildman–Crippen MR) is 71.5 cm³/mol. The third kappa shape index (κ3) is 3.03. The first kappa shape index (κ1) is 13.4. The number of rotatable bonds is 5. The van der Waals surface area contributed by atoms with Crippen LogP contribution in [0, 0.1) is 0 Å². The number of ether oxygens (including phenoxy) is 1. The maximum Gasteiger partial charge on any atom is 0.153 e. The van der Waals surface area contributed by atoms with Gasteiger partial charge in [0, 0.05) is 11.8 Å². The fourth-order valence-electron chi connectivity index (χ4n) is 2.15. The van der Waals surface area contributed by atoms with Gasteiger partial charge in [0.05, 0.1) is 5.75 Å². The van der Waals surface area contributed by atoms with E-state index in [0.717, 1.165) is 18.6 Å². The first-order valence-corrected chi connectivity index (χ1v) is 8.05. The highest BCUT2D eigenvalue weighted by Gasteiger charge is 2.19. The molecule has 1 aromatic carbocycles. The SMILES string of the molecule is CCS(=O)(=O)CCOc1ccc2c(c1)CC[C@H]2N. The van der Waals surface area contributed by atoms with Crippen LogP contribution in [0.15, 0.2) is 18.2 Å². The van der Waals surface area contributed by atoms with Gasteiger partial charge in [-0.1, -0.05) is 13.0 Å². The van der Waals surface area contributed by atoms with Crippen LogP contribution in [-0.4, -0.2) is 26.5 Å². The summed E-state index contributed by atoms with van der Waals surface area (Å²) in [5.74, 6) is 0.962. The van der Waals surface area contributed by atoms with E-state index in [4.69, 9.17) is 10.5 Å². The van der Waals surface area contributed by atoms with Gasteiger partial charge in [0.15, 0.2) is 9.84 Å². The molecule has 0 saturated heterocycles. The van der Waals surface area contributed by atoms with Crippen molar-refractivity contribution in [3.63, 3.8) is 0 Å². The van der Waals surface area contributed by atoms with Gasteiger partial charge in [0.1, 0.15) is 12.4 Å². The fourth-order valence-corrected chi connectivity index (χ4v) is 2.77. The van der Waals surface area contributed by atoms with E-state index in [9.17, 15) is 8.42 Å². The molecule has 100 valence electrons. The molecule has 0 aliphatic heterocycles. The molecule has 1 aliphatic rings. The number of nitrogens with two attached hydrogens (primary N) is 1. The summed E-state index contributed by atoms with van der Waals surface area (Å²) in [7, 11) is -2.95. The Labute approximate surface area is 108 Å². The molecule has 5 heteroatoms. The van der Waals surface area contributed by atoms with Gasteiger partial charge in [-0.3, -0.25) is 0 Å². The van der Waals surface area contributed by atoms with E-state index < -0.39 is 9.84 Å². The number of fused-ring (bicyclic) bond motifs is 1. The van der Waals surface area contributed by atoms with E-state index >= 15 is 0 Å². The second-order valence-electron chi connectivity index (χ2n) is 4.59. The molecule has 0 amide bonds. The Balaban J connectivity index is 1.96. The Kier molecular flexibility index (Phi) is 3.92. The fraction of sp³-hybridized carbons (Fsp3) is 0.538. The number of hydrogen-bond acceptors (Lipinski definition) is 4. The number of hydrogen-bond donors (Lipinski definition) is 1. The predicted octanol–water partition coefficient (Wildman–Crippen LogP) is 1.45. The van der Waals surface area contributed by atoms with E-state index in [-0.39, 0.29) is 24.2 Å². The van der Waals surface area contributed by atoms with Gasteiger partial charge in [0.25, 0.3) is 0 Å². The molecule has 1 aromatic rings. The van der Waals surface area contributed by atoms with Gasteiger partial charge in [-0.05, 0) is 36.1 Å². The third-order valence-electron chi connectivity index (χ3n) is 3.34. The van der Waals surface area contributed by atoms with Gasteiger partial charge >= 0.3 is 0 Å². The van der Waals surface area contributed by atoms with Gasteiger partial charge < -0.3 is 10.5 Å². The van der Waals surface area contributed by atoms with E-state index in [2.05, 4.69) is 0 Å². The molecular weight excluding hydrogens is 250 g/mol. The Bertz CT molecular complexity index is 525. The lowest BCUT2D eigenvalue weighted by Crippen LogP contribution is -2.15. The van der Waals surface area contributed by atoms with Crippen LogP contribution >= 0.6 is 0 Å².